The first-order chi connectivity index (χ1) is 11.6. The zero-order valence-corrected chi connectivity index (χ0v) is 14.3. The minimum absolute atomic E-state index is 0.101. The Labute approximate surface area is 145 Å². The highest BCUT2D eigenvalue weighted by Gasteiger charge is 2.30. The third-order valence-corrected chi connectivity index (χ3v) is 4.12. The minimum Gasteiger partial charge on any atom is -0.496 e. The fourth-order valence-corrected chi connectivity index (χ4v) is 2.82. The maximum absolute atomic E-state index is 12.7. The molecule has 1 saturated heterocycles. The molecule has 1 aliphatic rings. The Kier molecular flexibility index (Phi) is 4.85. The molecular weight excluding hydrogens is 330 g/mol. The molecule has 1 fully saturated rings. The zero-order chi connectivity index (χ0) is 17.1. The van der Waals surface area contributed by atoms with E-state index >= 15 is 0 Å². The van der Waals surface area contributed by atoms with Gasteiger partial charge >= 0.3 is 0 Å². The topological polar surface area (TPSA) is 64.5 Å². The number of benzene rings is 1. The molecule has 1 atom stereocenters. The van der Waals surface area contributed by atoms with Crippen molar-refractivity contribution in [2.24, 2.45) is 0 Å². The van der Waals surface area contributed by atoms with Crippen molar-refractivity contribution in [1.29, 1.82) is 0 Å². The second-order valence-corrected chi connectivity index (χ2v) is 6.07. The number of nitrogens with zero attached hydrogens (tertiary/aromatic N) is 3. The Bertz CT molecular complexity index is 736. The number of halogens is 1. The van der Waals surface area contributed by atoms with Crippen LogP contribution in [0.4, 0.5) is 0 Å². The van der Waals surface area contributed by atoms with Crippen LogP contribution in [-0.2, 0) is 0 Å². The summed E-state index contributed by atoms with van der Waals surface area (Å²) in [4.78, 5) is 14.5. The Balaban J connectivity index is 1.68. The fraction of sp³-hybridized carbons (Fsp3) is 0.353. The summed E-state index contributed by atoms with van der Waals surface area (Å²) < 4.78 is 11.1. The number of likely N-dealkylation sites (tertiary alicyclic amines) is 1. The van der Waals surface area contributed by atoms with E-state index in [0.29, 0.717) is 35.3 Å². The number of methoxy groups -OCH3 is 1. The standard InChI is InChI=1S/C17H18ClN3O3/c1-11-3-6-16(20-19-11)24-13-7-8-21(10-13)17(22)14-9-12(18)4-5-15(14)23-2/h3-6,9,13H,7-8,10H2,1-2H3. The Morgan fingerprint density at radius 3 is 2.83 bits per heavy atom. The molecule has 0 spiro atoms. The van der Waals surface area contributed by atoms with E-state index < -0.39 is 0 Å². The van der Waals surface area contributed by atoms with Crippen LogP contribution < -0.4 is 9.47 Å². The maximum atomic E-state index is 12.7. The summed E-state index contributed by atoms with van der Waals surface area (Å²) >= 11 is 6.01. The molecule has 7 heteroatoms. The largest absolute Gasteiger partial charge is 0.496 e. The van der Waals surface area contributed by atoms with Gasteiger partial charge in [0.25, 0.3) is 5.91 Å². The monoisotopic (exact) mass is 347 g/mol. The van der Waals surface area contributed by atoms with Crippen LogP contribution in [-0.4, -0.2) is 47.3 Å². The number of ether oxygens (including phenoxy) is 2. The minimum atomic E-state index is -0.115. The van der Waals surface area contributed by atoms with Crippen molar-refractivity contribution in [3.63, 3.8) is 0 Å². The summed E-state index contributed by atoms with van der Waals surface area (Å²) in [6.07, 6.45) is 0.639. The van der Waals surface area contributed by atoms with Gasteiger partial charge in [-0.2, -0.15) is 5.10 Å². The van der Waals surface area contributed by atoms with Gasteiger partial charge in [0, 0.05) is 24.1 Å². The highest BCUT2D eigenvalue weighted by molar-refractivity contribution is 6.31. The average molecular weight is 348 g/mol. The lowest BCUT2D eigenvalue weighted by Gasteiger charge is -2.18. The van der Waals surface area contributed by atoms with Gasteiger partial charge in [-0.1, -0.05) is 11.6 Å². The number of aromatic nitrogens is 2. The second kappa shape index (κ2) is 7.05. The normalized spacial score (nSPS) is 17.0. The van der Waals surface area contributed by atoms with Crippen LogP contribution in [0.5, 0.6) is 11.6 Å². The Morgan fingerprint density at radius 2 is 2.12 bits per heavy atom. The van der Waals surface area contributed by atoms with Gasteiger partial charge in [0.05, 0.1) is 24.9 Å². The van der Waals surface area contributed by atoms with Crippen LogP contribution in [0.2, 0.25) is 5.02 Å². The fourth-order valence-electron chi connectivity index (χ4n) is 2.65. The van der Waals surface area contributed by atoms with Crippen LogP contribution >= 0.6 is 11.6 Å². The lowest BCUT2D eigenvalue weighted by Crippen LogP contribution is -2.31. The molecule has 0 radical (unpaired) electrons. The van der Waals surface area contributed by atoms with Crippen molar-refractivity contribution in [3.05, 3.63) is 46.6 Å². The summed E-state index contributed by atoms with van der Waals surface area (Å²) in [7, 11) is 1.53. The smallest absolute Gasteiger partial charge is 0.257 e. The number of carbonyl (C=O) groups is 1. The van der Waals surface area contributed by atoms with Crippen LogP contribution in [0.1, 0.15) is 22.5 Å². The second-order valence-electron chi connectivity index (χ2n) is 5.64. The van der Waals surface area contributed by atoms with E-state index in [9.17, 15) is 4.79 Å². The summed E-state index contributed by atoms with van der Waals surface area (Å²) in [6, 6.07) is 8.65. The van der Waals surface area contributed by atoms with E-state index in [-0.39, 0.29) is 12.0 Å². The third-order valence-electron chi connectivity index (χ3n) is 3.88. The van der Waals surface area contributed by atoms with Gasteiger partial charge in [-0.3, -0.25) is 4.79 Å². The van der Waals surface area contributed by atoms with E-state index in [2.05, 4.69) is 10.2 Å². The first-order valence-electron chi connectivity index (χ1n) is 7.66. The molecule has 24 heavy (non-hydrogen) atoms. The predicted molar refractivity (Wildman–Crippen MR) is 89.7 cm³/mol. The molecule has 0 N–H and O–H groups in total. The number of amides is 1. The number of rotatable bonds is 4. The van der Waals surface area contributed by atoms with E-state index in [0.717, 1.165) is 12.1 Å². The predicted octanol–water partition coefficient (Wildman–Crippen LogP) is 2.74. The highest BCUT2D eigenvalue weighted by Crippen LogP contribution is 2.26. The summed E-state index contributed by atoms with van der Waals surface area (Å²) in [5.74, 6) is 0.869. The summed E-state index contributed by atoms with van der Waals surface area (Å²) in [6.45, 7) is 2.97. The number of hydrogen-bond acceptors (Lipinski definition) is 5. The van der Waals surface area contributed by atoms with E-state index in [1.165, 1.54) is 7.11 Å². The van der Waals surface area contributed by atoms with Crippen molar-refractivity contribution in [2.75, 3.05) is 20.2 Å². The van der Waals surface area contributed by atoms with Crippen molar-refractivity contribution in [3.8, 4) is 11.6 Å². The summed E-state index contributed by atoms with van der Waals surface area (Å²) in [5.41, 5.74) is 1.29. The van der Waals surface area contributed by atoms with Gasteiger partial charge in [0.2, 0.25) is 5.88 Å². The van der Waals surface area contributed by atoms with E-state index in [1.807, 2.05) is 13.0 Å². The first-order valence-corrected chi connectivity index (χ1v) is 8.04. The number of aryl methyl sites for hydroxylation is 1. The molecule has 2 heterocycles. The maximum Gasteiger partial charge on any atom is 0.257 e. The molecule has 126 valence electrons. The van der Waals surface area contributed by atoms with Crippen LogP contribution in [0, 0.1) is 6.92 Å². The zero-order valence-electron chi connectivity index (χ0n) is 13.5. The lowest BCUT2D eigenvalue weighted by atomic mass is 10.1. The molecule has 0 bridgehead atoms. The molecule has 0 aliphatic carbocycles. The molecule has 1 amide bonds. The molecule has 1 aromatic heterocycles. The van der Waals surface area contributed by atoms with Gasteiger partial charge in [0.1, 0.15) is 11.9 Å². The van der Waals surface area contributed by atoms with Crippen LogP contribution in [0.3, 0.4) is 0 Å². The van der Waals surface area contributed by atoms with Crippen molar-refractivity contribution in [2.45, 2.75) is 19.4 Å². The van der Waals surface area contributed by atoms with E-state index in [4.69, 9.17) is 21.1 Å². The number of hydrogen-bond donors (Lipinski definition) is 0. The first kappa shape index (κ1) is 16.5. The van der Waals surface area contributed by atoms with Crippen molar-refractivity contribution < 1.29 is 14.3 Å². The molecule has 6 nitrogen and oxygen atoms in total. The van der Waals surface area contributed by atoms with Crippen LogP contribution in [0.15, 0.2) is 30.3 Å². The van der Waals surface area contributed by atoms with Gasteiger partial charge < -0.3 is 14.4 Å². The SMILES string of the molecule is COc1ccc(Cl)cc1C(=O)N1CCC(Oc2ccc(C)nn2)C1. The van der Waals surface area contributed by atoms with Gasteiger partial charge in [-0.25, -0.2) is 0 Å². The van der Waals surface area contributed by atoms with Crippen molar-refractivity contribution >= 4 is 17.5 Å². The van der Waals surface area contributed by atoms with Gasteiger partial charge in [-0.15, -0.1) is 5.10 Å². The quantitative estimate of drug-likeness (QED) is 0.850. The Morgan fingerprint density at radius 1 is 1.29 bits per heavy atom. The molecular formula is C17H18ClN3O3. The lowest BCUT2D eigenvalue weighted by molar-refractivity contribution is 0.0767. The molecule has 2 aromatic rings. The van der Waals surface area contributed by atoms with E-state index in [1.54, 1.807) is 29.2 Å². The molecule has 0 saturated carbocycles. The number of carbonyl (C=O) groups excluding carboxylic acids is 1. The van der Waals surface area contributed by atoms with Crippen molar-refractivity contribution in [1.82, 2.24) is 15.1 Å². The Hall–Kier alpha value is -2.34. The third kappa shape index (κ3) is 3.59. The molecule has 3 rings (SSSR count). The molecule has 1 unspecified atom stereocenters. The van der Waals surface area contributed by atoms with Crippen LogP contribution in [0.25, 0.3) is 0 Å². The molecule has 1 aliphatic heterocycles. The highest BCUT2D eigenvalue weighted by atomic mass is 35.5. The summed E-state index contributed by atoms with van der Waals surface area (Å²) in [5, 5.41) is 8.47. The van der Waals surface area contributed by atoms with Gasteiger partial charge in [0.15, 0.2) is 0 Å². The average Bonchev–Trinajstić information content (AvgIpc) is 3.05. The van der Waals surface area contributed by atoms with Gasteiger partial charge in [-0.05, 0) is 31.2 Å². The molecule has 1 aromatic carbocycles.